The van der Waals surface area contributed by atoms with Crippen LogP contribution in [0.1, 0.15) is 10.4 Å². The average molecular weight is 284 g/mol. The molecule has 0 spiro atoms. The first-order valence-corrected chi connectivity index (χ1v) is 7.75. The number of rotatable bonds is 4. The van der Waals surface area contributed by atoms with Crippen LogP contribution in [0.5, 0.6) is 0 Å². The molecular weight excluding hydrogens is 270 g/mol. The van der Waals surface area contributed by atoms with Gasteiger partial charge in [-0.25, -0.2) is 8.42 Å². The number of Topliss-reactive ketones (excluding diaryl/α,β-unsaturated/α-hetero) is 1. The summed E-state index contributed by atoms with van der Waals surface area (Å²) in [5.74, 6) is -0.401. The summed E-state index contributed by atoms with van der Waals surface area (Å²) in [4.78, 5) is 12.7. The molecule has 0 atom stereocenters. The fourth-order valence-corrected chi connectivity index (χ4v) is 3.42. The minimum Gasteiger partial charge on any atom is -0.294 e. The van der Waals surface area contributed by atoms with E-state index < -0.39 is 20.2 Å². The second-order valence-electron chi connectivity index (χ2n) is 5.02. The Kier molecular flexibility index (Phi) is 3.86. The summed E-state index contributed by atoms with van der Waals surface area (Å²) in [6, 6.07) is 16.5. The Labute approximate surface area is 120 Å². The molecule has 20 heavy (non-hydrogen) atoms. The van der Waals surface area contributed by atoms with Crippen molar-refractivity contribution in [3.63, 3.8) is 0 Å². The van der Waals surface area contributed by atoms with E-state index in [2.05, 4.69) is 0 Å². The first-order chi connectivity index (χ1) is 9.37. The standard InChI is InChI=1S/C14H14B2O3S/c15-14(16,13(17)11-7-3-1-4-8-11)20(18,19)12-9-5-2-6-10-12/h1-10H,15-16H2. The number of carbonyl (C=O) groups is 1. The van der Waals surface area contributed by atoms with Crippen molar-refractivity contribution in [2.75, 3.05) is 0 Å². The molecule has 2 aromatic carbocycles. The van der Waals surface area contributed by atoms with Gasteiger partial charge in [0.1, 0.15) is 15.7 Å². The highest BCUT2D eigenvalue weighted by Gasteiger charge is 2.42. The number of benzene rings is 2. The summed E-state index contributed by atoms with van der Waals surface area (Å²) in [5, 5.41) is 0. The maximum absolute atomic E-state index is 12.6. The summed E-state index contributed by atoms with van der Waals surface area (Å²) in [7, 11) is -0.837. The molecule has 0 saturated heterocycles. The monoisotopic (exact) mass is 284 g/mol. The molecule has 0 radical (unpaired) electrons. The second-order valence-corrected chi connectivity index (χ2v) is 7.52. The zero-order valence-corrected chi connectivity index (χ0v) is 12.2. The molecule has 0 bridgehead atoms. The van der Waals surface area contributed by atoms with E-state index >= 15 is 0 Å². The predicted octanol–water partition coefficient (Wildman–Crippen LogP) is 0.263. The molecule has 6 heteroatoms. The van der Waals surface area contributed by atoms with Gasteiger partial charge in [-0.15, -0.1) is 0 Å². The van der Waals surface area contributed by atoms with E-state index in [-0.39, 0.29) is 4.90 Å². The van der Waals surface area contributed by atoms with E-state index in [0.29, 0.717) is 5.56 Å². The van der Waals surface area contributed by atoms with Crippen LogP contribution < -0.4 is 0 Å². The van der Waals surface area contributed by atoms with Gasteiger partial charge in [-0.05, 0) is 12.1 Å². The van der Waals surface area contributed by atoms with E-state index in [1.165, 1.54) is 27.8 Å². The summed E-state index contributed by atoms with van der Waals surface area (Å²) in [5.41, 5.74) is 0.400. The molecule has 0 heterocycles. The third-order valence-electron chi connectivity index (χ3n) is 3.31. The van der Waals surface area contributed by atoms with Crippen LogP contribution in [0.4, 0.5) is 0 Å². The molecule has 0 aromatic heterocycles. The van der Waals surface area contributed by atoms with Gasteiger partial charge in [0.2, 0.25) is 0 Å². The van der Waals surface area contributed by atoms with E-state index in [1.54, 1.807) is 48.5 Å². The quantitative estimate of drug-likeness (QED) is 0.598. The van der Waals surface area contributed by atoms with E-state index in [9.17, 15) is 13.2 Å². The highest BCUT2D eigenvalue weighted by molar-refractivity contribution is 7.96. The van der Waals surface area contributed by atoms with Crippen LogP contribution in [0.3, 0.4) is 0 Å². The number of ketones is 1. The lowest BCUT2D eigenvalue weighted by molar-refractivity contribution is 0.0995. The summed E-state index contributed by atoms with van der Waals surface area (Å²) in [6.07, 6.45) is 0. The Hall–Kier alpha value is -1.81. The highest BCUT2D eigenvalue weighted by atomic mass is 32.2. The SMILES string of the molecule is BC(B)(C(=O)c1ccccc1)S(=O)(=O)c1ccccc1. The predicted molar refractivity (Wildman–Crippen MR) is 84.2 cm³/mol. The molecular formula is C14H14B2O3S. The Balaban J connectivity index is 2.48. The normalized spacial score (nSPS) is 12.0. The Morgan fingerprint density at radius 1 is 0.850 bits per heavy atom. The highest BCUT2D eigenvalue weighted by Crippen LogP contribution is 2.24. The summed E-state index contributed by atoms with van der Waals surface area (Å²) in [6.45, 7) is 0. The van der Waals surface area contributed by atoms with E-state index in [1.807, 2.05) is 0 Å². The van der Waals surface area contributed by atoms with Gasteiger partial charge in [-0.1, -0.05) is 48.5 Å². The smallest absolute Gasteiger partial charge is 0.176 e. The zero-order chi connectivity index (χ0) is 14.8. The van der Waals surface area contributed by atoms with Gasteiger partial charge < -0.3 is 0 Å². The first kappa shape index (κ1) is 14.6. The van der Waals surface area contributed by atoms with Crippen molar-refractivity contribution in [1.82, 2.24) is 0 Å². The maximum atomic E-state index is 12.6. The topological polar surface area (TPSA) is 51.2 Å². The molecule has 0 fully saturated rings. The lowest BCUT2D eigenvalue weighted by atomic mass is 9.65. The lowest BCUT2D eigenvalue weighted by Gasteiger charge is -2.23. The molecule has 2 rings (SSSR count). The van der Waals surface area contributed by atoms with Gasteiger partial charge in [-0.3, -0.25) is 4.79 Å². The van der Waals surface area contributed by atoms with E-state index in [0.717, 1.165) is 0 Å². The summed E-state index contributed by atoms with van der Waals surface area (Å²) >= 11 is 0. The molecule has 0 saturated carbocycles. The van der Waals surface area contributed by atoms with Gasteiger partial charge in [0, 0.05) is 5.56 Å². The number of hydrogen-bond acceptors (Lipinski definition) is 3. The average Bonchev–Trinajstić information content (AvgIpc) is 2.48. The van der Waals surface area contributed by atoms with Crippen LogP contribution in [-0.2, 0) is 9.84 Å². The van der Waals surface area contributed by atoms with Gasteiger partial charge >= 0.3 is 0 Å². The molecule has 0 amide bonds. The van der Waals surface area contributed by atoms with Crippen LogP contribution in [0.15, 0.2) is 65.6 Å². The number of carbonyl (C=O) groups excluding carboxylic acids is 1. The molecule has 0 aliphatic heterocycles. The fraction of sp³-hybridized carbons (Fsp3) is 0.0714. The molecule has 0 unspecified atom stereocenters. The molecule has 3 nitrogen and oxygen atoms in total. The molecule has 2 aromatic rings. The maximum Gasteiger partial charge on any atom is 0.176 e. The van der Waals surface area contributed by atoms with Crippen LogP contribution in [-0.4, -0.2) is 34.4 Å². The summed E-state index contributed by atoms with van der Waals surface area (Å²) < 4.78 is 23.8. The van der Waals surface area contributed by atoms with Crippen LogP contribution in [0.25, 0.3) is 0 Å². The van der Waals surface area contributed by atoms with Gasteiger partial charge in [0.05, 0.1) is 9.44 Å². The van der Waals surface area contributed by atoms with Gasteiger partial charge in [0.15, 0.2) is 15.6 Å². The largest absolute Gasteiger partial charge is 0.294 e. The Bertz CT molecular complexity index is 711. The third-order valence-corrected chi connectivity index (χ3v) is 5.73. The second kappa shape index (κ2) is 5.29. The van der Waals surface area contributed by atoms with Crippen LogP contribution in [0.2, 0.25) is 0 Å². The van der Waals surface area contributed by atoms with Crippen molar-refractivity contribution in [3.8, 4) is 0 Å². The van der Waals surface area contributed by atoms with Crippen molar-refractivity contribution in [2.45, 2.75) is 9.44 Å². The Morgan fingerprint density at radius 3 is 1.80 bits per heavy atom. The molecule has 0 aliphatic carbocycles. The molecule has 0 N–H and O–H groups in total. The van der Waals surface area contributed by atoms with Gasteiger partial charge in [0.25, 0.3) is 0 Å². The zero-order valence-electron chi connectivity index (χ0n) is 11.4. The van der Waals surface area contributed by atoms with Crippen molar-refractivity contribution >= 4 is 31.3 Å². The van der Waals surface area contributed by atoms with Crippen molar-refractivity contribution in [3.05, 3.63) is 66.2 Å². The first-order valence-electron chi connectivity index (χ1n) is 6.27. The fourth-order valence-electron chi connectivity index (χ4n) is 1.95. The van der Waals surface area contributed by atoms with Crippen molar-refractivity contribution < 1.29 is 13.2 Å². The van der Waals surface area contributed by atoms with Crippen LogP contribution >= 0.6 is 0 Å². The minimum absolute atomic E-state index is 0.161. The van der Waals surface area contributed by atoms with Crippen molar-refractivity contribution in [2.24, 2.45) is 0 Å². The van der Waals surface area contributed by atoms with Crippen LogP contribution in [0, 0.1) is 0 Å². The van der Waals surface area contributed by atoms with Gasteiger partial charge in [-0.2, -0.15) is 0 Å². The number of hydrogen-bond donors (Lipinski definition) is 0. The lowest BCUT2D eigenvalue weighted by Crippen LogP contribution is -2.47. The number of sulfone groups is 1. The van der Waals surface area contributed by atoms with E-state index in [4.69, 9.17) is 0 Å². The Morgan fingerprint density at radius 2 is 1.30 bits per heavy atom. The third kappa shape index (κ3) is 2.43. The molecule has 0 aliphatic rings. The molecule has 100 valence electrons. The van der Waals surface area contributed by atoms with Crippen molar-refractivity contribution in [1.29, 1.82) is 0 Å². The minimum atomic E-state index is -3.74.